The van der Waals surface area contributed by atoms with Gasteiger partial charge in [-0.05, 0) is 18.7 Å². The minimum atomic E-state index is 1.10. The summed E-state index contributed by atoms with van der Waals surface area (Å²) in [7, 11) is 0. The monoisotopic (exact) mass is 253 g/mol. The van der Waals surface area contributed by atoms with Gasteiger partial charge in [-0.25, -0.2) is 0 Å². The molecule has 0 heterocycles. The number of rotatable bonds is 8. The van der Waals surface area contributed by atoms with Gasteiger partial charge in [0.2, 0.25) is 0 Å². The summed E-state index contributed by atoms with van der Waals surface area (Å²) >= 11 is 5.51. The van der Waals surface area contributed by atoms with Gasteiger partial charge in [0.15, 0.2) is 0 Å². The van der Waals surface area contributed by atoms with Crippen LogP contribution in [-0.2, 0) is 0 Å². The van der Waals surface area contributed by atoms with E-state index < -0.39 is 0 Å². The van der Waals surface area contributed by atoms with Crippen molar-refractivity contribution in [2.75, 3.05) is 36.5 Å². The van der Waals surface area contributed by atoms with Gasteiger partial charge in [-0.1, -0.05) is 29.8 Å². The van der Waals surface area contributed by atoms with E-state index >= 15 is 0 Å². The van der Waals surface area contributed by atoms with Crippen LogP contribution in [0.3, 0.4) is 0 Å². The molecule has 0 saturated heterocycles. The van der Waals surface area contributed by atoms with E-state index in [4.69, 9.17) is 0 Å². The second-order valence-electron chi connectivity index (χ2n) is 2.73. The predicted molar refractivity (Wildman–Crippen MR) is 63.5 cm³/mol. The molecular weight excluding hydrogens is 234 g/mol. The lowest BCUT2D eigenvalue weighted by Gasteiger charge is -2.19. The first-order valence-electron chi connectivity index (χ1n) is 4.71. The molecule has 0 aliphatic heterocycles. The van der Waals surface area contributed by atoms with E-state index in [9.17, 15) is 0 Å². The zero-order valence-electron chi connectivity index (χ0n) is 8.18. The van der Waals surface area contributed by atoms with Crippen LogP contribution in [0.15, 0.2) is 0 Å². The van der Waals surface area contributed by atoms with Crippen LogP contribution in [0.4, 0.5) is 0 Å². The lowest BCUT2D eigenvalue weighted by Crippen LogP contribution is -2.28. The van der Waals surface area contributed by atoms with Crippen LogP contribution in [-0.4, -0.2) is 41.4 Å². The Morgan fingerprint density at radius 2 is 1.92 bits per heavy atom. The Balaban J connectivity index is 3.34. The highest BCUT2D eigenvalue weighted by molar-refractivity contribution is 9.09. The van der Waals surface area contributed by atoms with Gasteiger partial charge in [0, 0.05) is 24.2 Å². The molecule has 0 N–H and O–H groups in total. The smallest absolute Gasteiger partial charge is 0.0159 e. The molecule has 0 aliphatic carbocycles. The quantitative estimate of drug-likeness (QED) is 0.484. The van der Waals surface area contributed by atoms with Crippen molar-refractivity contribution in [2.45, 2.75) is 20.3 Å². The number of halogens is 1. The van der Waals surface area contributed by atoms with Gasteiger partial charge in [-0.15, -0.1) is 0 Å². The Kier molecular flexibility index (Phi) is 10.5. The molecule has 0 rings (SSSR count). The van der Waals surface area contributed by atoms with E-state index in [2.05, 4.69) is 34.7 Å². The average Bonchev–Trinajstić information content (AvgIpc) is 2.06. The highest BCUT2D eigenvalue weighted by Crippen LogP contribution is 2.01. The maximum atomic E-state index is 3.48. The van der Waals surface area contributed by atoms with E-state index in [1.807, 2.05) is 11.8 Å². The van der Waals surface area contributed by atoms with Gasteiger partial charge < -0.3 is 4.90 Å². The molecule has 0 aromatic rings. The molecule has 12 heavy (non-hydrogen) atoms. The fourth-order valence-electron chi connectivity index (χ4n) is 1.11. The lowest BCUT2D eigenvalue weighted by atomic mass is 10.4. The number of hydrogen-bond donors (Lipinski definition) is 0. The number of thioether (sulfide) groups is 1. The van der Waals surface area contributed by atoms with Crippen LogP contribution < -0.4 is 0 Å². The first-order valence-corrected chi connectivity index (χ1v) is 6.98. The SMILES string of the molecule is CCCN(CCBr)CCSCC. The van der Waals surface area contributed by atoms with Crippen LogP contribution >= 0.6 is 27.7 Å². The predicted octanol–water partition coefficient (Wildman–Crippen LogP) is 2.85. The van der Waals surface area contributed by atoms with Gasteiger partial charge in [-0.2, -0.15) is 11.8 Å². The first kappa shape index (κ1) is 12.8. The summed E-state index contributed by atoms with van der Waals surface area (Å²) in [5, 5.41) is 1.10. The molecule has 0 bridgehead atoms. The molecule has 0 fully saturated rings. The maximum absolute atomic E-state index is 3.48. The molecule has 1 nitrogen and oxygen atoms in total. The van der Waals surface area contributed by atoms with Crippen molar-refractivity contribution < 1.29 is 0 Å². The maximum Gasteiger partial charge on any atom is 0.0159 e. The second-order valence-corrected chi connectivity index (χ2v) is 4.91. The Bertz CT molecular complexity index is 84.6. The summed E-state index contributed by atoms with van der Waals surface area (Å²) in [6, 6.07) is 0. The minimum absolute atomic E-state index is 1.10. The highest BCUT2D eigenvalue weighted by atomic mass is 79.9. The van der Waals surface area contributed by atoms with Crippen LogP contribution in [0.5, 0.6) is 0 Å². The molecular formula is C9H20BrNS. The van der Waals surface area contributed by atoms with Gasteiger partial charge in [0.05, 0.1) is 0 Å². The molecule has 0 aliphatic rings. The Labute approximate surface area is 89.4 Å². The Hall–Kier alpha value is 0.790. The Morgan fingerprint density at radius 3 is 2.42 bits per heavy atom. The molecule has 0 aromatic carbocycles. The summed E-state index contributed by atoms with van der Waals surface area (Å²) in [4.78, 5) is 2.53. The summed E-state index contributed by atoms with van der Waals surface area (Å²) in [5.41, 5.74) is 0. The largest absolute Gasteiger partial charge is 0.302 e. The van der Waals surface area contributed by atoms with E-state index in [1.165, 1.54) is 37.6 Å². The molecule has 0 aromatic heterocycles. The van der Waals surface area contributed by atoms with Crippen molar-refractivity contribution in [3.63, 3.8) is 0 Å². The third-order valence-corrected chi connectivity index (χ3v) is 2.93. The lowest BCUT2D eigenvalue weighted by molar-refractivity contribution is 0.310. The zero-order chi connectivity index (χ0) is 9.23. The molecule has 0 saturated carbocycles. The second kappa shape index (κ2) is 9.87. The molecule has 0 radical (unpaired) electrons. The molecule has 74 valence electrons. The number of alkyl halides is 1. The molecule has 0 atom stereocenters. The van der Waals surface area contributed by atoms with Crippen molar-refractivity contribution >= 4 is 27.7 Å². The fourth-order valence-corrected chi connectivity index (χ4v) is 2.29. The third kappa shape index (κ3) is 7.44. The third-order valence-electron chi connectivity index (χ3n) is 1.70. The molecule has 0 unspecified atom stereocenters. The van der Waals surface area contributed by atoms with Crippen LogP contribution in [0.1, 0.15) is 20.3 Å². The number of hydrogen-bond acceptors (Lipinski definition) is 2. The standard InChI is InChI=1S/C9H20BrNS/c1-3-6-11(7-5-10)8-9-12-4-2/h3-9H2,1-2H3. The van der Waals surface area contributed by atoms with Gasteiger partial charge in [0.1, 0.15) is 0 Å². The van der Waals surface area contributed by atoms with Crippen molar-refractivity contribution in [2.24, 2.45) is 0 Å². The summed E-state index contributed by atoms with van der Waals surface area (Å²) in [5.74, 6) is 2.53. The van der Waals surface area contributed by atoms with E-state index in [0.29, 0.717) is 0 Å². The fraction of sp³-hybridized carbons (Fsp3) is 1.00. The summed E-state index contributed by atoms with van der Waals surface area (Å²) in [6.45, 7) is 8.15. The minimum Gasteiger partial charge on any atom is -0.302 e. The van der Waals surface area contributed by atoms with E-state index in [-0.39, 0.29) is 0 Å². The van der Waals surface area contributed by atoms with Gasteiger partial charge in [0.25, 0.3) is 0 Å². The average molecular weight is 254 g/mol. The van der Waals surface area contributed by atoms with Crippen LogP contribution in [0.2, 0.25) is 0 Å². The zero-order valence-corrected chi connectivity index (χ0v) is 10.6. The van der Waals surface area contributed by atoms with Crippen molar-refractivity contribution in [3.05, 3.63) is 0 Å². The van der Waals surface area contributed by atoms with Crippen molar-refractivity contribution in [1.82, 2.24) is 4.90 Å². The van der Waals surface area contributed by atoms with Gasteiger partial charge >= 0.3 is 0 Å². The van der Waals surface area contributed by atoms with Crippen LogP contribution in [0.25, 0.3) is 0 Å². The van der Waals surface area contributed by atoms with Crippen LogP contribution in [0, 0.1) is 0 Å². The number of nitrogens with zero attached hydrogens (tertiary/aromatic N) is 1. The van der Waals surface area contributed by atoms with E-state index in [0.717, 1.165) is 5.33 Å². The van der Waals surface area contributed by atoms with Crippen molar-refractivity contribution in [3.8, 4) is 0 Å². The first-order chi connectivity index (χ1) is 5.85. The Morgan fingerprint density at radius 1 is 1.17 bits per heavy atom. The molecule has 3 heteroatoms. The summed E-state index contributed by atoms with van der Waals surface area (Å²) in [6.07, 6.45) is 1.27. The normalized spacial score (nSPS) is 11.0. The molecule has 0 spiro atoms. The molecule has 0 amide bonds. The van der Waals surface area contributed by atoms with Crippen molar-refractivity contribution in [1.29, 1.82) is 0 Å². The van der Waals surface area contributed by atoms with E-state index in [1.54, 1.807) is 0 Å². The highest BCUT2D eigenvalue weighted by Gasteiger charge is 2.00. The topological polar surface area (TPSA) is 3.24 Å². The summed E-state index contributed by atoms with van der Waals surface area (Å²) < 4.78 is 0. The van der Waals surface area contributed by atoms with Gasteiger partial charge in [-0.3, -0.25) is 0 Å².